The Balaban J connectivity index is 1.39. The third kappa shape index (κ3) is 3.12. The van der Waals surface area contributed by atoms with Crippen molar-refractivity contribution in [2.45, 2.75) is 18.4 Å². The third-order valence-electron chi connectivity index (χ3n) is 6.76. The number of para-hydroxylation sites is 1. The first kappa shape index (κ1) is 21.1. The van der Waals surface area contributed by atoms with E-state index < -0.39 is 5.41 Å². The molecule has 3 aromatic rings. The van der Waals surface area contributed by atoms with E-state index in [0.29, 0.717) is 28.4 Å². The van der Waals surface area contributed by atoms with Crippen LogP contribution in [0.2, 0.25) is 0 Å². The second kappa shape index (κ2) is 8.06. The Morgan fingerprint density at radius 2 is 1.77 bits per heavy atom. The molecule has 0 saturated heterocycles. The van der Waals surface area contributed by atoms with Crippen molar-refractivity contribution in [3.05, 3.63) is 82.9 Å². The molecule has 3 heterocycles. The van der Waals surface area contributed by atoms with Crippen molar-refractivity contribution in [1.82, 2.24) is 5.32 Å². The van der Waals surface area contributed by atoms with Gasteiger partial charge in [0.05, 0.1) is 19.0 Å². The van der Waals surface area contributed by atoms with E-state index in [-0.39, 0.29) is 44.7 Å². The van der Waals surface area contributed by atoms with Crippen LogP contribution in [-0.4, -0.2) is 31.8 Å². The van der Waals surface area contributed by atoms with Crippen LogP contribution in [0.4, 0.5) is 5.69 Å². The van der Waals surface area contributed by atoms with Crippen molar-refractivity contribution < 1.29 is 23.8 Å². The summed E-state index contributed by atoms with van der Waals surface area (Å²) in [5, 5.41) is 11.5. The largest absolute Gasteiger partial charge is 0.491 e. The number of fused-ring (bicyclic) bond motifs is 5. The minimum atomic E-state index is -1.00. The highest BCUT2D eigenvalue weighted by atomic mass is 16.7. The van der Waals surface area contributed by atoms with Crippen molar-refractivity contribution in [2.24, 2.45) is 0 Å². The predicted molar refractivity (Wildman–Crippen MR) is 125 cm³/mol. The molecule has 0 radical (unpaired) electrons. The molecule has 3 aliphatic rings. The number of hydrogen-bond acceptors (Lipinski definition) is 6. The molecule has 0 fully saturated rings. The molecule has 0 bridgehead atoms. The lowest BCUT2D eigenvalue weighted by Crippen LogP contribution is -2.42. The van der Waals surface area contributed by atoms with Gasteiger partial charge >= 0.3 is 0 Å². The summed E-state index contributed by atoms with van der Waals surface area (Å²) in [7, 11) is 0. The van der Waals surface area contributed by atoms with Gasteiger partial charge in [-0.3, -0.25) is 9.59 Å². The maximum atomic E-state index is 14.2. The lowest BCUT2D eigenvalue weighted by molar-refractivity contribution is -0.122. The van der Waals surface area contributed by atoms with Crippen molar-refractivity contribution in [3.8, 4) is 23.3 Å². The number of benzene rings is 3. The molecule has 2 amide bonds. The van der Waals surface area contributed by atoms with Gasteiger partial charge in [0.1, 0.15) is 17.8 Å². The van der Waals surface area contributed by atoms with Crippen LogP contribution in [0.1, 0.15) is 33.5 Å². The van der Waals surface area contributed by atoms with Crippen molar-refractivity contribution in [2.75, 3.05) is 24.8 Å². The quantitative estimate of drug-likeness (QED) is 0.578. The summed E-state index contributed by atoms with van der Waals surface area (Å²) in [5.41, 5.74) is 2.58. The fourth-order valence-corrected chi connectivity index (χ4v) is 5.10. The number of hydrogen-bond donors (Lipinski definition) is 1. The van der Waals surface area contributed by atoms with Gasteiger partial charge < -0.3 is 24.4 Å². The molecule has 0 saturated carbocycles. The summed E-state index contributed by atoms with van der Waals surface area (Å²) in [5.74, 6) is 1.42. The molecule has 0 aromatic heterocycles. The summed E-state index contributed by atoms with van der Waals surface area (Å²) < 4.78 is 17.1. The molecule has 1 unspecified atom stereocenters. The average Bonchev–Trinajstić information content (AvgIpc) is 3.56. The molecule has 6 rings (SSSR count). The molecule has 35 heavy (non-hydrogen) atoms. The highest BCUT2D eigenvalue weighted by molar-refractivity contribution is 6.11. The highest BCUT2D eigenvalue weighted by Crippen LogP contribution is 2.55. The number of nitrogens with one attached hydrogen (secondary N) is 1. The zero-order chi connectivity index (χ0) is 24.0. The SMILES string of the molecule is N#CCCNC(=O)c1ccccc1CN1C(=O)C2(COc3cc4c(cc32)OCO4)c2ccccc21. The molecular weight excluding hydrogens is 446 g/mol. The van der Waals surface area contributed by atoms with Crippen LogP contribution in [0.15, 0.2) is 60.7 Å². The Hall–Kier alpha value is -4.51. The average molecular weight is 467 g/mol. The minimum absolute atomic E-state index is 0.115. The smallest absolute Gasteiger partial charge is 0.251 e. The fourth-order valence-electron chi connectivity index (χ4n) is 5.10. The first-order valence-corrected chi connectivity index (χ1v) is 11.3. The summed E-state index contributed by atoms with van der Waals surface area (Å²) >= 11 is 0. The van der Waals surface area contributed by atoms with Gasteiger partial charge in [0.25, 0.3) is 5.91 Å². The third-order valence-corrected chi connectivity index (χ3v) is 6.76. The van der Waals surface area contributed by atoms with Crippen LogP contribution in [0.5, 0.6) is 17.2 Å². The van der Waals surface area contributed by atoms with E-state index in [1.807, 2.05) is 48.5 Å². The van der Waals surface area contributed by atoms with E-state index in [4.69, 9.17) is 19.5 Å². The number of anilines is 1. The Kier molecular flexibility index (Phi) is 4.85. The van der Waals surface area contributed by atoms with Crippen LogP contribution >= 0.6 is 0 Å². The highest BCUT2D eigenvalue weighted by Gasteiger charge is 2.57. The van der Waals surface area contributed by atoms with Gasteiger partial charge in [-0.15, -0.1) is 0 Å². The van der Waals surface area contributed by atoms with E-state index in [1.54, 1.807) is 23.1 Å². The number of ether oxygens (including phenoxy) is 3. The predicted octanol–water partition coefficient (Wildman–Crippen LogP) is 3.28. The first-order valence-electron chi connectivity index (χ1n) is 11.3. The second-order valence-electron chi connectivity index (χ2n) is 8.63. The Morgan fingerprint density at radius 3 is 2.63 bits per heavy atom. The van der Waals surface area contributed by atoms with Crippen LogP contribution < -0.4 is 24.4 Å². The number of carbonyl (C=O) groups is 2. The molecule has 8 nitrogen and oxygen atoms in total. The molecular formula is C27H21N3O5. The normalized spacial score (nSPS) is 18.7. The van der Waals surface area contributed by atoms with Crippen molar-refractivity contribution >= 4 is 17.5 Å². The molecule has 174 valence electrons. The van der Waals surface area contributed by atoms with Gasteiger partial charge in [-0.1, -0.05) is 36.4 Å². The van der Waals surface area contributed by atoms with Crippen molar-refractivity contribution in [1.29, 1.82) is 5.26 Å². The van der Waals surface area contributed by atoms with Gasteiger partial charge in [-0.25, -0.2) is 0 Å². The molecule has 1 N–H and O–H groups in total. The Bertz CT molecular complexity index is 1410. The molecule has 3 aromatic carbocycles. The van der Waals surface area contributed by atoms with E-state index in [0.717, 1.165) is 16.8 Å². The summed E-state index contributed by atoms with van der Waals surface area (Å²) in [6, 6.07) is 20.5. The van der Waals surface area contributed by atoms with E-state index in [1.165, 1.54) is 0 Å². The van der Waals surface area contributed by atoms with Crippen LogP contribution in [0.25, 0.3) is 0 Å². The van der Waals surface area contributed by atoms with Gasteiger partial charge in [-0.2, -0.15) is 5.26 Å². The summed E-state index contributed by atoms with van der Waals surface area (Å²) in [4.78, 5) is 28.7. The number of nitriles is 1. The van der Waals surface area contributed by atoms with Crippen LogP contribution in [0.3, 0.4) is 0 Å². The molecule has 8 heteroatoms. The van der Waals surface area contributed by atoms with Gasteiger partial charge in [0.15, 0.2) is 11.5 Å². The maximum absolute atomic E-state index is 14.2. The maximum Gasteiger partial charge on any atom is 0.251 e. The topological polar surface area (TPSA) is 101 Å². The molecule has 0 aliphatic carbocycles. The lowest BCUT2D eigenvalue weighted by atomic mass is 9.77. The van der Waals surface area contributed by atoms with E-state index >= 15 is 0 Å². The number of carbonyl (C=O) groups excluding carboxylic acids is 2. The molecule has 1 atom stereocenters. The zero-order valence-electron chi connectivity index (χ0n) is 18.7. The van der Waals surface area contributed by atoms with Crippen LogP contribution in [-0.2, 0) is 16.8 Å². The van der Waals surface area contributed by atoms with Crippen molar-refractivity contribution in [3.63, 3.8) is 0 Å². The van der Waals surface area contributed by atoms with Crippen LogP contribution in [0, 0.1) is 11.3 Å². The number of rotatable bonds is 5. The van der Waals surface area contributed by atoms with Gasteiger partial charge in [0, 0.05) is 29.4 Å². The Labute approximate surface area is 201 Å². The molecule has 1 spiro atoms. The number of nitrogens with zero attached hydrogens (tertiary/aromatic N) is 2. The van der Waals surface area contributed by atoms with Gasteiger partial charge in [0.2, 0.25) is 12.7 Å². The second-order valence-corrected chi connectivity index (χ2v) is 8.63. The number of amides is 2. The van der Waals surface area contributed by atoms with E-state index in [9.17, 15) is 9.59 Å². The van der Waals surface area contributed by atoms with E-state index in [2.05, 4.69) is 5.32 Å². The monoisotopic (exact) mass is 467 g/mol. The zero-order valence-corrected chi connectivity index (χ0v) is 18.7. The molecule has 3 aliphatic heterocycles. The summed E-state index contributed by atoms with van der Waals surface area (Å²) in [6.07, 6.45) is 0.228. The lowest BCUT2D eigenvalue weighted by Gasteiger charge is -2.24. The first-order chi connectivity index (χ1) is 17.1. The fraction of sp³-hybridized carbons (Fsp3) is 0.222. The minimum Gasteiger partial charge on any atom is -0.491 e. The standard InChI is InChI=1S/C27H21N3O5/c28-10-5-11-29-25(31)18-7-2-1-6-17(18)14-30-21-9-4-3-8-19(21)27(26(30)32)15-33-22-13-24-23(12-20(22)27)34-16-35-24/h1-4,6-9,12-13H,5,11,14-16H2,(H,29,31). The summed E-state index contributed by atoms with van der Waals surface area (Å²) in [6.45, 7) is 0.796. The van der Waals surface area contributed by atoms with Gasteiger partial charge in [-0.05, 0) is 29.3 Å². The Morgan fingerprint density at radius 1 is 1.00 bits per heavy atom.